The van der Waals surface area contributed by atoms with E-state index < -0.39 is 11.6 Å². The molecule has 2 atom stereocenters. The van der Waals surface area contributed by atoms with Crippen LogP contribution in [0, 0.1) is 11.3 Å². The summed E-state index contributed by atoms with van der Waals surface area (Å²) in [4.78, 5) is 12.6. The molecule has 1 aliphatic rings. The predicted octanol–water partition coefficient (Wildman–Crippen LogP) is 1.78. The summed E-state index contributed by atoms with van der Waals surface area (Å²) >= 11 is 0. The first-order chi connectivity index (χ1) is 6.74. The zero-order valence-corrected chi connectivity index (χ0v) is 9.95. The van der Waals surface area contributed by atoms with Crippen molar-refractivity contribution in [3.63, 3.8) is 0 Å². The van der Waals surface area contributed by atoms with E-state index in [2.05, 4.69) is 0 Å². The van der Waals surface area contributed by atoms with E-state index in [0.717, 1.165) is 6.42 Å². The van der Waals surface area contributed by atoms with Crippen LogP contribution in [-0.2, 0) is 0 Å². The molecule has 88 valence electrons. The Bertz CT molecular complexity index is 259. The second kappa shape index (κ2) is 3.67. The summed E-state index contributed by atoms with van der Waals surface area (Å²) in [5, 5.41) is 18.8. The van der Waals surface area contributed by atoms with Gasteiger partial charge in [0.25, 0.3) is 0 Å². The number of aliphatic hydroxyl groups is 1. The first-order valence-corrected chi connectivity index (χ1v) is 5.36. The van der Waals surface area contributed by atoms with E-state index in [1.165, 1.54) is 4.90 Å². The average molecular weight is 215 g/mol. The van der Waals surface area contributed by atoms with Gasteiger partial charge in [0, 0.05) is 6.54 Å². The van der Waals surface area contributed by atoms with Gasteiger partial charge in [-0.05, 0) is 17.8 Å². The van der Waals surface area contributed by atoms with Crippen molar-refractivity contribution in [2.45, 2.75) is 39.7 Å². The van der Waals surface area contributed by atoms with Gasteiger partial charge in [-0.15, -0.1) is 0 Å². The number of nitrogens with zero attached hydrogens (tertiary/aromatic N) is 1. The molecule has 0 spiro atoms. The molecule has 1 aliphatic heterocycles. The number of hydrogen-bond donors (Lipinski definition) is 2. The van der Waals surface area contributed by atoms with Crippen LogP contribution in [0.3, 0.4) is 0 Å². The van der Waals surface area contributed by atoms with Crippen molar-refractivity contribution in [1.29, 1.82) is 0 Å². The van der Waals surface area contributed by atoms with E-state index in [-0.39, 0.29) is 12.0 Å². The molecule has 1 amide bonds. The fraction of sp³-hybridized carbons (Fsp3) is 0.909. The Labute approximate surface area is 90.9 Å². The highest BCUT2D eigenvalue weighted by Gasteiger charge is 2.53. The molecule has 0 saturated carbocycles. The smallest absolute Gasteiger partial charge is 0.407 e. The van der Waals surface area contributed by atoms with Crippen molar-refractivity contribution in [1.82, 2.24) is 4.90 Å². The third-order valence-electron chi connectivity index (χ3n) is 3.59. The summed E-state index contributed by atoms with van der Waals surface area (Å²) in [6, 6.07) is 0. The van der Waals surface area contributed by atoms with E-state index in [9.17, 15) is 15.0 Å². The Morgan fingerprint density at radius 1 is 1.53 bits per heavy atom. The third kappa shape index (κ3) is 1.83. The summed E-state index contributed by atoms with van der Waals surface area (Å²) < 4.78 is 0. The second-order valence-corrected chi connectivity index (χ2v) is 5.64. The van der Waals surface area contributed by atoms with Gasteiger partial charge in [0.1, 0.15) is 0 Å². The van der Waals surface area contributed by atoms with Gasteiger partial charge in [0.2, 0.25) is 0 Å². The Morgan fingerprint density at radius 3 is 2.33 bits per heavy atom. The number of likely N-dealkylation sites (tertiary alicyclic amines) is 1. The van der Waals surface area contributed by atoms with Crippen molar-refractivity contribution in [3.05, 3.63) is 0 Å². The molecule has 1 rings (SSSR count). The van der Waals surface area contributed by atoms with E-state index in [1.807, 2.05) is 27.7 Å². The Balaban J connectivity index is 3.11. The molecule has 1 unspecified atom stereocenters. The normalized spacial score (nSPS) is 32.1. The fourth-order valence-corrected chi connectivity index (χ4v) is 2.60. The molecule has 2 N–H and O–H groups in total. The molecule has 1 heterocycles. The maximum atomic E-state index is 11.2. The lowest BCUT2D eigenvalue weighted by Gasteiger charge is -2.45. The van der Waals surface area contributed by atoms with Gasteiger partial charge in [0.05, 0.1) is 12.1 Å². The van der Waals surface area contributed by atoms with Crippen LogP contribution in [0.5, 0.6) is 0 Å². The lowest BCUT2D eigenvalue weighted by molar-refractivity contribution is -0.0115. The highest BCUT2D eigenvalue weighted by molar-refractivity contribution is 5.67. The van der Waals surface area contributed by atoms with Crippen LogP contribution in [0.1, 0.15) is 34.1 Å². The zero-order chi connectivity index (χ0) is 11.9. The van der Waals surface area contributed by atoms with Crippen molar-refractivity contribution < 1.29 is 15.0 Å². The molecule has 4 nitrogen and oxygen atoms in total. The topological polar surface area (TPSA) is 60.8 Å². The number of carboxylic acid groups (broad SMARTS) is 1. The Kier molecular flexibility index (Phi) is 3.01. The Morgan fingerprint density at radius 2 is 2.07 bits per heavy atom. The van der Waals surface area contributed by atoms with Gasteiger partial charge >= 0.3 is 6.09 Å². The number of hydrogen-bond acceptors (Lipinski definition) is 2. The van der Waals surface area contributed by atoms with Crippen LogP contribution in [0.4, 0.5) is 4.79 Å². The van der Waals surface area contributed by atoms with Gasteiger partial charge in [-0.1, -0.05) is 27.7 Å². The highest BCUT2D eigenvalue weighted by Crippen LogP contribution is 2.45. The largest absolute Gasteiger partial charge is 0.465 e. The van der Waals surface area contributed by atoms with E-state index >= 15 is 0 Å². The summed E-state index contributed by atoms with van der Waals surface area (Å²) in [5.74, 6) is 0.312. The molecular formula is C11H21NO3. The van der Waals surface area contributed by atoms with Crippen LogP contribution >= 0.6 is 0 Å². The van der Waals surface area contributed by atoms with Gasteiger partial charge in [-0.3, -0.25) is 4.90 Å². The predicted molar refractivity (Wildman–Crippen MR) is 57.8 cm³/mol. The monoisotopic (exact) mass is 215 g/mol. The molecule has 0 bridgehead atoms. The lowest BCUT2D eigenvalue weighted by Crippen LogP contribution is -2.57. The first-order valence-electron chi connectivity index (χ1n) is 5.36. The maximum absolute atomic E-state index is 11.2. The third-order valence-corrected chi connectivity index (χ3v) is 3.59. The van der Waals surface area contributed by atoms with Crippen LogP contribution in [0.25, 0.3) is 0 Å². The number of aliphatic hydroxyl groups excluding tert-OH is 1. The second-order valence-electron chi connectivity index (χ2n) is 5.64. The van der Waals surface area contributed by atoms with Crippen LogP contribution in [0.15, 0.2) is 0 Å². The molecule has 0 aliphatic carbocycles. The van der Waals surface area contributed by atoms with Crippen LogP contribution in [0.2, 0.25) is 0 Å². The molecule has 1 saturated heterocycles. The maximum Gasteiger partial charge on any atom is 0.407 e. The molecule has 4 heteroatoms. The number of rotatable bonds is 1. The summed E-state index contributed by atoms with van der Waals surface area (Å²) in [6.07, 6.45) is -0.192. The van der Waals surface area contributed by atoms with Gasteiger partial charge in [0.15, 0.2) is 0 Å². The van der Waals surface area contributed by atoms with Crippen molar-refractivity contribution in [3.8, 4) is 0 Å². The lowest BCUT2D eigenvalue weighted by atomic mass is 9.71. The molecule has 0 radical (unpaired) electrons. The number of carbonyl (C=O) groups is 1. The molecule has 1 fully saturated rings. The van der Waals surface area contributed by atoms with E-state index in [1.54, 1.807) is 0 Å². The Hall–Kier alpha value is -0.770. The van der Waals surface area contributed by atoms with Crippen LogP contribution in [-0.4, -0.2) is 39.9 Å². The molecule has 0 aromatic carbocycles. The molecule has 0 aromatic rings. The minimum absolute atomic E-state index is 0.104. The van der Waals surface area contributed by atoms with Gasteiger partial charge < -0.3 is 10.2 Å². The van der Waals surface area contributed by atoms with Gasteiger partial charge in [-0.25, -0.2) is 4.79 Å². The summed E-state index contributed by atoms with van der Waals surface area (Å²) in [7, 11) is 0. The van der Waals surface area contributed by atoms with Crippen molar-refractivity contribution in [2.24, 2.45) is 11.3 Å². The molecular weight excluding hydrogens is 194 g/mol. The minimum atomic E-state index is -0.927. The van der Waals surface area contributed by atoms with Crippen molar-refractivity contribution >= 4 is 6.09 Å². The summed E-state index contributed by atoms with van der Waals surface area (Å²) in [5.41, 5.74) is -0.872. The van der Waals surface area contributed by atoms with Gasteiger partial charge in [-0.2, -0.15) is 0 Å². The SMILES string of the molecule is CC1CN(C(=O)O)[C@](CO)(C(C)(C)C)C1. The van der Waals surface area contributed by atoms with E-state index in [4.69, 9.17) is 0 Å². The average Bonchev–Trinajstić information content (AvgIpc) is 2.42. The minimum Gasteiger partial charge on any atom is -0.465 e. The quantitative estimate of drug-likeness (QED) is 0.701. The van der Waals surface area contributed by atoms with Crippen LogP contribution < -0.4 is 0 Å². The highest BCUT2D eigenvalue weighted by atomic mass is 16.4. The molecule has 0 aromatic heterocycles. The molecule has 15 heavy (non-hydrogen) atoms. The number of amides is 1. The fourth-order valence-electron chi connectivity index (χ4n) is 2.60. The first kappa shape index (κ1) is 12.3. The zero-order valence-electron chi connectivity index (χ0n) is 9.95. The van der Waals surface area contributed by atoms with Crippen molar-refractivity contribution in [2.75, 3.05) is 13.2 Å². The van der Waals surface area contributed by atoms with E-state index in [0.29, 0.717) is 12.5 Å². The summed E-state index contributed by atoms with van der Waals surface area (Å²) in [6.45, 7) is 8.39. The standard InChI is InChI=1S/C11H21NO3/c1-8-5-11(7-13,10(2,3)4)12(6-8)9(14)15/h8,13H,5-7H2,1-4H3,(H,14,15)/t8?,11-/m1/s1.